The summed E-state index contributed by atoms with van der Waals surface area (Å²) < 4.78 is 0. The van der Waals surface area contributed by atoms with E-state index in [0.717, 1.165) is 26.1 Å². The van der Waals surface area contributed by atoms with Crippen LogP contribution in [0.2, 0.25) is 0 Å². The van der Waals surface area contributed by atoms with Crippen molar-refractivity contribution in [1.82, 2.24) is 9.80 Å². The van der Waals surface area contributed by atoms with Crippen molar-refractivity contribution in [3.8, 4) is 0 Å². The molecule has 2 nitrogen and oxygen atoms in total. The molecule has 0 bridgehead atoms. The lowest BCUT2D eigenvalue weighted by Gasteiger charge is -2.33. The first-order valence-electron chi connectivity index (χ1n) is 11.2. The summed E-state index contributed by atoms with van der Waals surface area (Å²) in [6, 6.07) is 31.1. The standard InChI is InChI=1S/C26H32N2.C2H6/c1-4-22-12-11-13-23(20-22)21-28(19-18-27(2)3)26(24-14-7-5-8-15-24)25-16-9-6-10-17-25;1-2/h5-17,20,26H,4,18-19,21H2,1-3H3;1-2H3. The highest BCUT2D eigenvalue weighted by Crippen LogP contribution is 2.30. The van der Waals surface area contributed by atoms with Crippen LogP contribution in [0.4, 0.5) is 0 Å². The first-order valence-corrected chi connectivity index (χ1v) is 11.2. The molecule has 3 aromatic rings. The summed E-state index contributed by atoms with van der Waals surface area (Å²) in [6.07, 6.45) is 1.08. The Hall–Kier alpha value is -2.42. The smallest absolute Gasteiger partial charge is 0.0605 e. The molecule has 0 unspecified atom stereocenters. The van der Waals surface area contributed by atoms with Crippen LogP contribution in [-0.2, 0) is 13.0 Å². The zero-order chi connectivity index (χ0) is 21.8. The molecular formula is C28H38N2. The zero-order valence-corrected chi connectivity index (χ0v) is 19.4. The van der Waals surface area contributed by atoms with E-state index in [-0.39, 0.29) is 6.04 Å². The van der Waals surface area contributed by atoms with Gasteiger partial charge in [-0.2, -0.15) is 0 Å². The third-order valence-electron chi connectivity index (χ3n) is 5.22. The van der Waals surface area contributed by atoms with Crippen molar-refractivity contribution in [1.29, 1.82) is 0 Å². The Kier molecular flexibility index (Phi) is 10.3. The molecule has 0 heterocycles. The van der Waals surface area contributed by atoms with Gasteiger partial charge in [0, 0.05) is 19.6 Å². The molecule has 0 aromatic heterocycles. The van der Waals surface area contributed by atoms with Crippen molar-refractivity contribution < 1.29 is 0 Å². The van der Waals surface area contributed by atoms with E-state index < -0.39 is 0 Å². The van der Waals surface area contributed by atoms with E-state index in [1.165, 1.54) is 22.3 Å². The largest absolute Gasteiger partial charge is 0.308 e. The fraction of sp³-hybridized carbons (Fsp3) is 0.357. The van der Waals surface area contributed by atoms with Gasteiger partial charge in [-0.25, -0.2) is 0 Å². The number of hydrogen-bond acceptors (Lipinski definition) is 2. The summed E-state index contributed by atoms with van der Waals surface area (Å²) in [5.74, 6) is 0. The van der Waals surface area contributed by atoms with Gasteiger partial charge in [-0.05, 0) is 42.8 Å². The number of rotatable bonds is 9. The van der Waals surface area contributed by atoms with E-state index >= 15 is 0 Å². The van der Waals surface area contributed by atoms with Crippen LogP contribution >= 0.6 is 0 Å². The fourth-order valence-corrected chi connectivity index (χ4v) is 3.70. The van der Waals surface area contributed by atoms with Crippen LogP contribution in [0.25, 0.3) is 0 Å². The maximum atomic E-state index is 2.61. The molecule has 0 saturated carbocycles. The monoisotopic (exact) mass is 402 g/mol. The minimum absolute atomic E-state index is 0.243. The van der Waals surface area contributed by atoms with Crippen molar-refractivity contribution in [3.63, 3.8) is 0 Å². The molecule has 0 N–H and O–H groups in total. The molecule has 0 atom stereocenters. The zero-order valence-electron chi connectivity index (χ0n) is 19.4. The van der Waals surface area contributed by atoms with Gasteiger partial charge in [0.2, 0.25) is 0 Å². The molecule has 0 aliphatic rings. The molecule has 3 rings (SSSR count). The molecule has 30 heavy (non-hydrogen) atoms. The van der Waals surface area contributed by atoms with Gasteiger partial charge in [0.15, 0.2) is 0 Å². The van der Waals surface area contributed by atoms with Crippen LogP contribution in [-0.4, -0.2) is 37.0 Å². The van der Waals surface area contributed by atoms with Crippen molar-refractivity contribution >= 4 is 0 Å². The molecule has 0 aliphatic heterocycles. The third kappa shape index (κ3) is 7.12. The van der Waals surface area contributed by atoms with Gasteiger partial charge in [0.05, 0.1) is 6.04 Å². The van der Waals surface area contributed by atoms with Crippen molar-refractivity contribution in [2.24, 2.45) is 0 Å². The minimum atomic E-state index is 0.243. The number of likely N-dealkylation sites (N-methyl/N-ethyl adjacent to an activating group) is 1. The lowest BCUT2D eigenvalue weighted by molar-refractivity contribution is 0.194. The number of aryl methyl sites for hydroxylation is 1. The molecule has 160 valence electrons. The molecule has 0 saturated heterocycles. The Morgan fingerprint density at radius 2 is 1.20 bits per heavy atom. The highest BCUT2D eigenvalue weighted by Gasteiger charge is 2.22. The fourth-order valence-electron chi connectivity index (χ4n) is 3.70. The summed E-state index contributed by atoms with van der Waals surface area (Å²) in [6.45, 7) is 9.21. The first-order chi connectivity index (χ1) is 14.7. The van der Waals surface area contributed by atoms with E-state index in [1.807, 2.05) is 13.8 Å². The Morgan fingerprint density at radius 1 is 0.667 bits per heavy atom. The summed E-state index contributed by atoms with van der Waals surface area (Å²) in [5, 5.41) is 0. The second kappa shape index (κ2) is 13.0. The SMILES string of the molecule is CC.CCc1cccc(CN(CCN(C)C)C(c2ccccc2)c2ccccc2)c1. The van der Waals surface area contributed by atoms with Gasteiger partial charge < -0.3 is 4.90 Å². The van der Waals surface area contributed by atoms with Crippen LogP contribution in [0.15, 0.2) is 84.9 Å². The lowest BCUT2D eigenvalue weighted by atomic mass is 9.96. The quantitative estimate of drug-likeness (QED) is 0.407. The highest BCUT2D eigenvalue weighted by atomic mass is 15.2. The summed E-state index contributed by atoms with van der Waals surface area (Å²) in [5.41, 5.74) is 5.48. The Morgan fingerprint density at radius 3 is 1.70 bits per heavy atom. The molecule has 2 heteroatoms. The number of benzene rings is 3. The van der Waals surface area contributed by atoms with Gasteiger partial charge in [-0.1, -0.05) is 106 Å². The first kappa shape index (κ1) is 23.9. The van der Waals surface area contributed by atoms with E-state index in [9.17, 15) is 0 Å². The minimum Gasteiger partial charge on any atom is -0.308 e. The normalized spacial score (nSPS) is 10.9. The van der Waals surface area contributed by atoms with E-state index in [4.69, 9.17) is 0 Å². The van der Waals surface area contributed by atoms with Crippen molar-refractivity contribution in [2.75, 3.05) is 27.2 Å². The van der Waals surface area contributed by atoms with Crippen LogP contribution < -0.4 is 0 Å². The highest BCUT2D eigenvalue weighted by molar-refractivity contribution is 5.32. The molecular weight excluding hydrogens is 364 g/mol. The van der Waals surface area contributed by atoms with E-state index in [2.05, 4.69) is 116 Å². The van der Waals surface area contributed by atoms with Crippen LogP contribution in [0.3, 0.4) is 0 Å². The topological polar surface area (TPSA) is 6.48 Å². The predicted octanol–water partition coefficient (Wildman–Crippen LogP) is 6.43. The molecule has 0 amide bonds. The van der Waals surface area contributed by atoms with Gasteiger partial charge in [-0.15, -0.1) is 0 Å². The maximum absolute atomic E-state index is 2.61. The van der Waals surface area contributed by atoms with Gasteiger partial charge >= 0.3 is 0 Å². The van der Waals surface area contributed by atoms with Crippen LogP contribution in [0.5, 0.6) is 0 Å². The Balaban J connectivity index is 0.00000155. The van der Waals surface area contributed by atoms with Gasteiger partial charge in [0.25, 0.3) is 0 Å². The second-order valence-corrected chi connectivity index (χ2v) is 7.67. The molecule has 0 fully saturated rings. The van der Waals surface area contributed by atoms with E-state index in [0.29, 0.717) is 0 Å². The van der Waals surface area contributed by atoms with Crippen LogP contribution in [0, 0.1) is 0 Å². The average Bonchev–Trinajstić information content (AvgIpc) is 2.80. The number of nitrogens with zero attached hydrogens (tertiary/aromatic N) is 2. The summed E-state index contributed by atoms with van der Waals surface area (Å²) in [7, 11) is 4.30. The summed E-state index contributed by atoms with van der Waals surface area (Å²) in [4.78, 5) is 4.88. The maximum Gasteiger partial charge on any atom is 0.0605 e. The van der Waals surface area contributed by atoms with Crippen molar-refractivity contribution in [3.05, 3.63) is 107 Å². The molecule has 3 aromatic carbocycles. The summed E-state index contributed by atoms with van der Waals surface area (Å²) >= 11 is 0. The van der Waals surface area contributed by atoms with Crippen LogP contribution in [0.1, 0.15) is 49.1 Å². The Bertz CT molecular complexity index is 788. The Labute approximate surface area is 184 Å². The third-order valence-corrected chi connectivity index (χ3v) is 5.22. The van der Waals surface area contributed by atoms with E-state index in [1.54, 1.807) is 0 Å². The average molecular weight is 403 g/mol. The lowest BCUT2D eigenvalue weighted by Crippen LogP contribution is -2.35. The van der Waals surface area contributed by atoms with Gasteiger partial charge in [-0.3, -0.25) is 4.90 Å². The molecule has 0 spiro atoms. The molecule has 0 radical (unpaired) electrons. The second-order valence-electron chi connectivity index (χ2n) is 7.67. The molecule has 0 aliphatic carbocycles. The van der Waals surface area contributed by atoms with Crippen molar-refractivity contribution in [2.45, 2.75) is 39.8 Å². The number of hydrogen-bond donors (Lipinski definition) is 0. The van der Waals surface area contributed by atoms with Gasteiger partial charge in [0.1, 0.15) is 0 Å². The predicted molar refractivity (Wildman–Crippen MR) is 131 cm³/mol.